The highest BCUT2D eigenvalue weighted by Crippen LogP contribution is 2.22. The number of carbonyl (C=O) groups excluding carboxylic acids is 1. The minimum absolute atomic E-state index is 0.101. The third-order valence-corrected chi connectivity index (χ3v) is 9.70. The van der Waals surface area contributed by atoms with Crippen LogP contribution in [-0.2, 0) is 23.7 Å². The summed E-state index contributed by atoms with van der Waals surface area (Å²) in [5.41, 5.74) is 0. The van der Waals surface area contributed by atoms with Gasteiger partial charge in [0.1, 0.15) is 30.5 Å². The lowest BCUT2D eigenvalue weighted by Crippen LogP contribution is -2.59. The highest BCUT2D eigenvalue weighted by molar-refractivity contribution is 5.69. The number of ether oxygens (including phenoxy) is 4. The summed E-state index contributed by atoms with van der Waals surface area (Å²) in [7, 11) is 0. The van der Waals surface area contributed by atoms with E-state index in [4.69, 9.17) is 18.9 Å². The fourth-order valence-electron chi connectivity index (χ4n) is 6.18. The van der Waals surface area contributed by atoms with Crippen molar-refractivity contribution in [2.75, 3.05) is 26.4 Å². The molecule has 1 heterocycles. The summed E-state index contributed by atoms with van der Waals surface area (Å²) in [5.74, 6) is -0.403. The lowest BCUT2D eigenvalue weighted by atomic mass is 9.99. The molecule has 0 bridgehead atoms. The number of aliphatic hydroxyl groups excluding tert-OH is 4. The van der Waals surface area contributed by atoms with E-state index < -0.39 is 49.4 Å². The maximum Gasteiger partial charge on any atom is 0.306 e. The summed E-state index contributed by atoms with van der Waals surface area (Å²) < 4.78 is 22.7. The molecule has 60 heavy (non-hydrogen) atoms. The van der Waals surface area contributed by atoms with Crippen LogP contribution in [0.25, 0.3) is 0 Å². The van der Waals surface area contributed by atoms with Crippen molar-refractivity contribution in [1.82, 2.24) is 0 Å². The summed E-state index contributed by atoms with van der Waals surface area (Å²) in [6, 6.07) is 0. The molecular formula is C51H82O9. The van der Waals surface area contributed by atoms with Gasteiger partial charge in [-0.3, -0.25) is 4.79 Å². The third kappa shape index (κ3) is 31.7. The fraction of sp³-hybridized carbons (Fsp3) is 0.627. The van der Waals surface area contributed by atoms with Crippen LogP contribution in [0.1, 0.15) is 142 Å². The molecule has 340 valence electrons. The average molecular weight is 839 g/mol. The van der Waals surface area contributed by atoms with Gasteiger partial charge in [0.2, 0.25) is 0 Å². The lowest BCUT2D eigenvalue weighted by Gasteiger charge is -2.39. The van der Waals surface area contributed by atoms with E-state index in [1.165, 1.54) is 32.1 Å². The molecule has 9 nitrogen and oxygen atoms in total. The molecule has 0 amide bonds. The number of carbonyl (C=O) groups is 1. The SMILES string of the molecule is CC/C=C\C/C=C\C/C=C\C/C=C\C/C=C\C/C=C\CCC(=O)OC(COCCCCCCCCCC/C=C\C/C=C\C/C=C\CC)COC1OC(CO)C(O)C(O)C1O. The predicted octanol–water partition coefficient (Wildman–Crippen LogP) is 10.6. The number of aliphatic hydroxyl groups is 4. The molecule has 4 N–H and O–H groups in total. The second-order valence-electron chi connectivity index (χ2n) is 15.1. The van der Waals surface area contributed by atoms with Crippen LogP contribution >= 0.6 is 0 Å². The Morgan fingerprint density at radius 2 is 0.967 bits per heavy atom. The van der Waals surface area contributed by atoms with Crippen LogP contribution in [0.2, 0.25) is 0 Å². The molecule has 6 atom stereocenters. The Morgan fingerprint density at radius 1 is 0.533 bits per heavy atom. The molecule has 0 aromatic carbocycles. The first kappa shape index (κ1) is 54.9. The van der Waals surface area contributed by atoms with Crippen LogP contribution in [0.5, 0.6) is 0 Å². The molecule has 0 aromatic rings. The molecular weight excluding hydrogens is 757 g/mol. The Balaban J connectivity index is 2.33. The zero-order valence-corrected chi connectivity index (χ0v) is 37.2. The maximum atomic E-state index is 12.8. The van der Waals surface area contributed by atoms with Gasteiger partial charge in [0.15, 0.2) is 6.29 Å². The molecule has 6 unspecified atom stereocenters. The third-order valence-electron chi connectivity index (χ3n) is 9.70. The van der Waals surface area contributed by atoms with Gasteiger partial charge < -0.3 is 39.4 Å². The Morgan fingerprint density at radius 3 is 1.45 bits per heavy atom. The first-order valence-corrected chi connectivity index (χ1v) is 23.0. The molecule has 1 saturated heterocycles. The van der Waals surface area contributed by atoms with E-state index in [1.54, 1.807) is 0 Å². The highest BCUT2D eigenvalue weighted by atomic mass is 16.7. The summed E-state index contributed by atoms with van der Waals surface area (Å²) in [6.07, 6.45) is 51.2. The molecule has 0 spiro atoms. The van der Waals surface area contributed by atoms with Gasteiger partial charge in [-0.25, -0.2) is 0 Å². The van der Waals surface area contributed by atoms with Crippen molar-refractivity contribution in [3.8, 4) is 0 Å². The van der Waals surface area contributed by atoms with Gasteiger partial charge in [-0.05, 0) is 83.5 Å². The van der Waals surface area contributed by atoms with Crippen LogP contribution in [0, 0.1) is 0 Å². The van der Waals surface area contributed by atoms with Gasteiger partial charge in [0.05, 0.1) is 19.8 Å². The van der Waals surface area contributed by atoms with Gasteiger partial charge in [0.25, 0.3) is 0 Å². The Hall–Kier alpha value is -3.15. The van der Waals surface area contributed by atoms with E-state index in [0.717, 1.165) is 83.5 Å². The quantitative estimate of drug-likeness (QED) is 0.0274. The molecule has 0 aromatic heterocycles. The molecule has 1 aliphatic rings. The predicted molar refractivity (Wildman–Crippen MR) is 246 cm³/mol. The van der Waals surface area contributed by atoms with Gasteiger partial charge in [-0.1, -0.05) is 162 Å². The van der Waals surface area contributed by atoms with Gasteiger partial charge in [0, 0.05) is 13.0 Å². The van der Waals surface area contributed by atoms with E-state index in [0.29, 0.717) is 13.0 Å². The fourth-order valence-corrected chi connectivity index (χ4v) is 6.18. The minimum Gasteiger partial charge on any atom is -0.457 e. The number of hydrogen-bond donors (Lipinski definition) is 4. The second kappa shape index (κ2) is 41.2. The van der Waals surface area contributed by atoms with E-state index >= 15 is 0 Å². The average Bonchev–Trinajstić information content (AvgIpc) is 3.25. The standard InChI is InChI=1S/C51H82O9/c1-3-5-7-9-11-13-15-17-19-21-23-24-26-28-30-32-34-36-38-40-47(53)59-45(44-58-51-50(56)49(55)48(54)46(42-52)60-51)43-57-41-39-37-35-33-31-29-27-25-22-20-18-16-14-12-10-8-6-4-2/h5-8,11-14,17-20,23-24,28,30,34,36,45-46,48-52,54-56H,3-4,9-10,15-16,21-22,25-27,29,31-33,35,37-44H2,1-2H3/b7-5-,8-6-,13-11-,14-12-,19-17-,20-18-,24-23-,30-28-,36-34-. The Labute approximate surface area is 364 Å². The van der Waals surface area contributed by atoms with Crippen molar-refractivity contribution in [1.29, 1.82) is 0 Å². The molecule has 1 aliphatic heterocycles. The molecule has 1 rings (SSSR count). The summed E-state index contributed by atoms with van der Waals surface area (Å²) in [4.78, 5) is 12.8. The highest BCUT2D eigenvalue weighted by Gasteiger charge is 2.44. The first-order valence-electron chi connectivity index (χ1n) is 23.0. The molecule has 0 radical (unpaired) electrons. The van der Waals surface area contributed by atoms with E-state index in [2.05, 4.69) is 111 Å². The Bertz CT molecular complexity index is 1270. The maximum absolute atomic E-state index is 12.8. The minimum atomic E-state index is -1.56. The van der Waals surface area contributed by atoms with Crippen molar-refractivity contribution in [3.63, 3.8) is 0 Å². The van der Waals surface area contributed by atoms with Crippen molar-refractivity contribution < 1.29 is 44.2 Å². The van der Waals surface area contributed by atoms with Crippen LogP contribution in [-0.4, -0.2) is 89.6 Å². The van der Waals surface area contributed by atoms with Crippen molar-refractivity contribution in [3.05, 3.63) is 109 Å². The smallest absolute Gasteiger partial charge is 0.306 e. The largest absolute Gasteiger partial charge is 0.457 e. The van der Waals surface area contributed by atoms with E-state index in [-0.39, 0.29) is 19.6 Å². The van der Waals surface area contributed by atoms with Crippen LogP contribution in [0.3, 0.4) is 0 Å². The molecule has 9 heteroatoms. The molecule has 0 saturated carbocycles. The molecule has 1 fully saturated rings. The number of allylic oxidation sites excluding steroid dienone is 18. The summed E-state index contributed by atoms with van der Waals surface area (Å²) >= 11 is 0. The Kier molecular flexibility index (Phi) is 37.7. The number of esters is 1. The van der Waals surface area contributed by atoms with Crippen LogP contribution < -0.4 is 0 Å². The zero-order valence-electron chi connectivity index (χ0n) is 37.2. The van der Waals surface area contributed by atoms with Crippen molar-refractivity contribution in [2.24, 2.45) is 0 Å². The zero-order chi connectivity index (χ0) is 43.6. The van der Waals surface area contributed by atoms with Gasteiger partial charge >= 0.3 is 5.97 Å². The van der Waals surface area contributed by atoms with E-state index in [9.17, 15) is 25.2 Å². The summed E-state index contributed by atoms with van der Waals surface area (Å²) in [6.45, 7) is 4.20. The van der Waals surface area contributed by atoms with Crippen molar-refractivity contribution in [2.45, 2.75) is 179 Å². The lowest BCUT2D eigenvalue weighted by molar-refractivity contribution is -0.305. The number of unbranched alkanes of at least 4 members (excludes halogenated alkanes) is 8. The van der Waals surface area contributed by atoms with Crippen LogP contribution in [0.15, 0.2) is 109 Å². The van der Waals surface area contributed by atoms with Gasteiger partial charge in [-0.15, -0.1) is 0 Å². The number of rotatable bonds is 37. The van der Waals surface area contributed by atoms with E-state index in [1.807, 2.05) is 12.2 Å². The first-order chi connectivity index (χ1) is 29.4. The summed E-state index contributed by atoms with van der Waals surface area (Å²) in [5, 5.41) is 40.1. The monoisotopic (exact) mass is 839 g/mol. The van der Waals surface area contributed by atoms with Crippen molar-refractivity contribution >= 4 is 5.97 Å². The number of hydrogen-bond acceptors (Lipinski definition) is 9. The van der Waals surface area contributed by atoms with Crippen LogP contribution in [0.4, 0.5) is 0 Å². The second-order valence-corrected chi connectivity index (χ2v) is 15.1. The molecule has 0 aliphatic carbocycles. The van der Waals surface area contributed by atoms with Gasteiger partial charge in [-0.2, -0.15) is 0 Å². The normalized spacial score (nSPS) is 21.1. The topological polar surface area (TPSA) is 135 Å².